The van der Waals surface area contributed by atoms with Crippen LogP contribution < -0.4 is 0 Å². The number of aliphatic hydroxyl groups is 1. The monoisotopic (exact) mass is 248 g/mol. The molecular weight excluding hydrogens is 235 g/mol. The van der Waals surface area contributed by atoms with Gasteiger partial charge >= 0.3 is 0 Å². The van der Waals surface area contributed by atoms with E-state index in [1.165, 1.54) is 12.1 Å². The number of aliphatic hydroxyl groups excluding tert-OH is 1. The fraction of sp³-hybridized carbons (Fsp3) is 0.143. The lowest BCUT2D eigenvalue weighted by molar-refractivity contribution is 0.199. The average Bonchev–Trinajstić information content (AvgIpc) is 2.33. The van der Waals surface area contributed by atoms with Crippen LogP contribution in [0.25, 0.3) is 0 Å². The largest absolute Gasteiger partial charge is 0.389 e. The molecule has 1 nitrogen and oxygen atoms in total. The molecule has 1 atom stereocenters. The highest BCUT2D eigenvalue weighted by Gasteiger charge is 2.01. The van der Waals surface area contributed by atoms with Crippen molar-refractivity contribution in [2.75, 3.05) is 0 Å². The van der Waals surface area contributed by atoms with E-state index in [0.717, 1.165) is 15.4 Å². The van der Waals surface area contributed by atoms with Gasteiger partial charge < -0.3 is 5.11 Å². The zero-order chi connectivity index (χ0) is 12.3. The Labute approximate surface area is 104 Å². The zero-order valence-corrected chi connectivity index (χ0v) is 10.2. The fourth-order valence-electron chi connectivity index (χ4n) is 1.45. The molecule has 2 aromatic carbocycles. The highest BCUT2D eigenvalue weighted by molar-refractivity contribution is 7.99. The lowest BCUT2D eigenvalue weighted by Gasteiger charge is -2.06. The summed E-state index contributed by atoms with van der Waals surface area (Å²) >= 11 is 1.57. The Morgan fingerprint density at radius 1 is 0.941 bits per heavy atom. The molecule has 0 saturated carbocycles. The van der Waals surface area contributed by atoms with Crippen molar-refractivity contribution in [1.82, 2.24) is 0 Å². The minimum Gasteiger partial charge on any atom is -0.389 e. The highest BCUT2D eigenvalue weighted by atomic mass is 32.2. The second-order valence-electron chi connectivity index (χ2n) is 3.80. The molecular formula is C14H13FOS. The van der Waals surface area contributed by atoms with Gasteiger partial charge in [-0.05, 0) is 48.9 Å². The minimum atomic E-state index is -0.445. The summed E-state index contributed by atoms with van der Waals surface area (Å²) in [6.45, 7) is 1.74. The molecule has 0 aliphatic rings. The lowest BCUT2D eigenvalue weighted by Crippen LogP contribution is -1.89. The number of halogens is 1. The van der Waals surface area contributed by atoms with Gasteiger partial charge in [0.15, 0.2) is 0 Å². The standard InChI is InChI=1S/C14H13FOS/c1-10(16)11-2-6-13(7-3-11)17-14-8-4-12(15)5-9-14/h2-10,16H,1H3/t10-/m0/s1. The predicted molar refractivity (Wildman–Crippen MR) is 67.6 cm³/mol. The molecule has 0 radical (unpaired) electrons. The van der Waals surface area contributed by atoms with Crippen LogP contribution in [0.4, 0.5) is 4.39 Å². The Morgan fingerprint density at radius 2 is 1.41 bits per heavy atom. The van der Waals surface area contributed by atoms with Crippen molar-refractivity contribution < 1.29 is 9.50 Å². The minimum absolute atomic E-state index is 0.223. The van der Waals surface area contributed by atoms with Crippen molar-refractivity contribution >= 4 is 11.8 Å². The smallest absolute Gasteiger partial charge is 0.123 e. The van der Waals surface area contributed by atoms with Crippen LogP contribution in [0, 0.1) is 5.82 Å². The molecule has 0 bridgehead atoms. The van der Waals surface area contributed by atoms with E-state index in [9.17, 15) is 9.50 Å². The Kier molecular flexibility index (Phi) is 3.82. The van der Waals surface area contributed by atoms with Crippen LogP contribution in [0.15, 0.2) is 58.3 Å². The summed E-state index contributed by atoms with van der Waals surface area (Å²) in [6, 6.07) is 14.1. The fourth-order valence-corrected chi connectivity index (χ4v) is 2.27. The van der Waals surface area contributed by atoms with E-state index in [2.05, 4.69) is 0 Å². The van der Waals surface area contributed by atoms with Crippen LogP contribution in [-0.2, 0) is 0 Å². The maximum atomic E-state index is 12.7. The van der Waals surface area contributed by atoms with Crippen molar-refractivity contribution in [2.24, 2.45) is 0 Å². The molecule has 0 heterocycles. The first-order valence-electron chi connectivity index (χ1n) is 5.36. The first kappa shape index (κ1) is 12.1. The third kappa shape index (κ3) is 3.32. The Hall–Kier alpha value is -1.32. The summed E-state index contributed by atoms with van der Waals surface area (Å²) in [5.41, 5.74) is 0.897. The average molecular weight is 248 g/mol. The summed E-state index contributed by atoms with van der Waals surface area (Å²) in [5.74, 6) is -0.223. The van der Waals surface area contributed by atoms with Crippen LogP contribution >= 0.6 is 11.8 Å². The van der Waals surface area contributed by atoms with E-state index >= 15 is 0 Å². The predicted octanol–water partition coefficient (Wildman–Crippen LogP) is 4.03. The molecule has 0 amide bonds. The van der Waals surface area contributed by atoms with Crippen LogP contribution in [0.3, 0.4) is 0 Å². The van der Waals surface area contributed by atoms with Gasteiger partial charge in [-0.15, -0.1) is 0 Å². The molecule has 0 aromatic heterocycles. The summed E-state index contributed by atoms with van der Waals surface area (Å²) in [4.78, 5) is 2.07. The van der Waals surface area contributed by atoms with Crippen molar-refractivity contribution in [2.45, 2.75) is 22.8 Å². The first-order valence-corrected chi connectivity index (χ1v) is 6.18. The third-order valence-electron chi connectivity index (χ3n) is 2.41. The van der Waals surface area contributed by atoms with Crippen molar-refractivity contribution in [1.29, 1.82) is 0 Å². The van der Waals surface area contributed by atoms with Crippen LogP contribution in [-0.4, -0.2) is 5.11 Å². The number of hydrogen-bond donors (Lipinski definition) is 1. The van der Waals surface area contributed by atoms with E-state index in [1.807, 2.05) is 24.3 Å². The maximum Gasteiger partial charge on any atom is 0.123 e. The summed E-state index contributed by atoms with van der Waals surface area (Å²) in [5, 5.41) is 9.39. The molecule has 0 fully saturated rings. The van der Waals surface area contributed by atoms with Crippen LogP contribution in [0.5, 0.6) is 0 Å². The van der Waals surface area contributed by atoms with Gasteiger partial charge in [0.1, 0.15) is 5.82 Å². The summed E-state index contributed by atoms with van der Waals surface area (Å²) in [7, 11) is 0. The molecule has 3 heteroatoms. The topological polar surface area (TPSA) is 20.2 Å². The van der Waals surface area contributed by atoms with E-state index in [-0.39, 0.29) is 5.82 Å². The summed E-state index contributed by atoms with van der Waals surface area (Å²) < 4.78 is 12.7. The van der Waals surface area contributed by atoms with Crippen molar-refractivity contribution in [3.05, 3.63) is 59.9 Å². The highest BCUT2D eigenvalue weighted by Crippen LogP contribution is 2.28. The maximum absolute atomic E-state index is 12.7. The zero-order valence-electron chi connectivity index (χ0n) is 9.43. The number of hydrogen-bond acceptors (Lipinski definition) is 2. The Morgan fingerprint density at radius 3 is 1.88 bits per heavy atom. The lowest BCUT2D eigenvalue weighted by atomic mass is 10.1. The van der Waals surface area contributed by atoms with Gasteiger partial charge in [-0.25, -0.2) is 4.39 Å². The van der Waals surface area contributed by atoms with Gasteiger partial charge in [0.25, 0.3) is 0 Å². The Bertz CT molecular complexity index is 477. The number of benzene rings is 2. The van der Waals surface area contributed by atoms with Crippen LogP contribution in [0.1, 0.15) is 18.6 Å². The van der Waals surface area contributed by atoms with E-state index in [0.29, 0.717) is 0 Å². The van der Waals surface area contributed by atoms with E-state index in [1.54, 1.807) is 30.8 Å². The second-order valence-corrected chi connectivity index (χ2v) is 4.95. The first-order chi connectivity index (χ1) is 8.15. The normalized spacial score (nSPS) is 12.4. The third-order valence-corrected chi connectivity index (χ3v) is 3.43. The van der Waals surface area contributed by atoms with Crippen molar-refractivity contribution in [3.8, 4) is 0 Å². The molecule has 0 aliphatic heterocycles. The SMILES string of the molecule is C[C@H](O)c1ccc(Sc2ccc(F)cc2)cc1. The quantitative estimate of drug-likeness (QED) is 0.885. The van der Waals surface area contributed by atoms with Gasteiger partial charge in [0, 0.05) is 9.79 Å². The molecule has 0 unspecified atom stereocenters. The molecule has 2 rings (SSSR count). The molecule has 2 aromatic rings. The molecule has 88 valence electrons. The number of rotatable bonds is 3. The van der Waals surface area contributed by atoms with Gasteiger partial charge in [0.2, 0.25) is 0 Å². The molecule has 0 aliphatic carbocycles. The van der Waals surface area contributed by atoms with Gasteiger partial charge in [-0.3, -0.25) is 0 Å². The van der Waals surface area contributed by atoms with Gasteiger partial charge in [-0.2, -0.15) is 0 Å². The van der Waals surface area contributed by atoms with E-state index in [4.69, 9.17) is 0 Å². The molecule has 1 N–H and O–H groups in total. The van der Waals surface area contributed by atoms with Gasteiger partial charge in [-0.1, -0.05) is 23.9 Å². The molecule has 0 spiro atoms. The van der Waals surface area contributed by atoms with Crippen molar-refractivity contribution in [3.63, 3.8) is 0 Å². The second kappa shape index (κ2) is 5.34. The summed E-state index contributed by atoms with van der Waals surface area (Å²) in [6.07, 6.45) is -0.445. The van der Waals surface area contributed by atoms with Crippen LogP contribution in [0.2, 0.25) is 0 Å². The molecule has 0 saturated heterocycles. The molecule has 17 heavy (non-hydrogen) atoms. The Balaban J connectivity index is 2.11. The van der Waals surface area contributed by atoms with E-state index < -0.39 is 6.10 Å². The van der Waals surface area contributed by atoms with Gasteiger partial charge in [0.05, 0.1) is 6.10 Å².